The van der Waals surface area contributed by atoms with Crippen molar-refractivity contribution in [1.29, 1.82) is 0 Å². The van der Waals surface area contributed by atoms with Crippen molar-refractivity contribution in [3.8, 4) is 10.4 Å². The van der Waals surface area contributed by atoms with E-state index in [4.69, 9.17) is 20.8 Å². The average molecular weight is 513 g/mol. The number of halogens is 1. The van der Waals surface area contributed by atoms with Crippen LogP contribution in [0.3, 0.4) is 0 Å². The van der Waals surface area contributed by atoms with Crippen LogP contribution >= 0.6 is 34.3 Å². The molecule has 172 valence electrons. The minimum atomic E-state index is -0.751. The third-order valence-electron chi connectivity index (χ3n) is 5.48. The molecule has 0 fully saturated rings. The van der Waals surface area contributed by atoms with Gasteiger partial charge in [0.05, 0.1) is 37.5 Å². The summed E-state index contributed by atoms with van der Waals surface area (Å²) in [5.74, 6) is -0.869. The first-order valence-electron chi connectivity index (χ1n) is 10.4. The minimum Gasteiger partial charge on any atom is -0.462 e. The van der Waals surface area contributed by atoms with Gasteiger partial charge >= 0.3 is 11.6 Å². The van der Waals surface area contributed by atoms with Gasteiger partial charge in [0, 0.05) is 16.1 Å². The Balaban J connectivity index is 2.05. The van der Waals surface area contributed by atoms with Crippen molar-refractivity contribution in [3.63, 3.8) is 0 Å². The molecule has 7 nitrogen and oxygen atoms in total. The average Bonchev–Trinajstić information content (AvgIpc) is 3.34. The fourth-order valence-corrected chi connectivity index (χ4v) is 6.58. The standard InChI is InChI=1S/C24H17ClN2O5S2/c1-5-31-23(29)12-8-9(2)26-22-17(12)19-20(34-22)18(13-6-7-14(25)33-13)16-10(3)15(11(4)28)24(30)32-21(16)27-19/h6-8H,5H2,1-4H3. The number of aryl methyl sites for hydroxylation is 2. The van der Waals surface area contributed by atoms with E-state index in [9.17, 15) is 14.4 Å². The second kappa shape index (κ2) is 8.26. The predicted molar refractivity (Wildman–Crippen MR) is 135 cm³/mol. The molecule has 0 aliphatic carbocycles. The van der Waals surface area contributed by atoms with Gasteiger partial charge in [-0.15, -0.1) is 22.7 Å². The molecule has 0 unspecified atom stereocenters. The van der Waals surface area contributed by atoms with E-state index in [-0.39, 0.29) is 23.7 Å². The van der Waals surface area contributed by atoms with Gasteiger partial charge < -0.3 is 9.15 Å². The van der Waals surface area contributed by atoms with E-state index in [0.29, 0.717) is 42.3 Å². The summed E-state index contributed by atoms with van der Waals surface area (Å²) in [6, 6.07) is 5.31. The number of carbonyl (C=O) groups excluding carboxylic acids is 2. The number of ketones is 1. The Kier molecular flexibility index (Phi) is 5.50. The van der Waals surface area contributed by atoms with Crippen LogP contribution in [-0.4, -0.2) is 28.3 Å². The second-order valence-electron chi connectivity index (χ2n) is 7.71. The van der Waals surface area contributed by atoms with Gasteiger partial charge in [-0.05, 0) is 51.5 Å². The topological polar surface area (TPSA) is 99.4 Å². The maximum Gasteiger partial charge on any atom is 0.348 e. The first-order valence-corrected chi connectivity index (χ1v) is 12.4. The number of esters is 1. The molecule has 0 atom stereocenters. The van der Waals surface area contributed by atoms with E-state index in [1.807, 2.05) is 6.07 Å². The molecule has 0 spiro atoms. The van der Waals surface area contributed by atoms with E-state index in [2.05, 4.69) is 9.97 Å². The molecule has 5 aromatic heterocycles. The Morgan fingerprint density at radius 3 is 2.56 bits per heavy atom. The van der Waals surface area contributed by atoms with Gasteiger partial charge in [0.15, 0.2) is 5.78 Å². The number of rotatable bonds is 4. The molecule has 0 bridgehead atoms. The van der Waals surface area contributed by atoms with Crippen LogP contribution in [0.1, 0.15) is 45.8 Å². The number of hydrogen-bond acceptors (Lipinski definition) is 9. The summed E-state index contributed by atoms with van der Waals surface area (Å²) in [5, 5.41) is 1.09. The number of Topliss-reactive ketones (excluding diaryl/α,β-unsaturated/α-hetero) is 1. The summed E-state index contributed by atoms with van der Waals surface area (Å²) in [6.45, 7) is 6.81. The van der Waals surface area contributed by atoms with E-state index >= 15 is 0 Å². The molecule has 0 radical (unpaired) electrons. The van der Waals surface area contributed by atoms with Crippen molar-refractivity contribution in [1.82, 2.24) is 9.97 Å². The number of fused-ring (bicyclic) bond motifs is 4. The van der Waals surface area contributed by atoms with Crippen LogP contribution in [0.25, 0.3) is 42.0 Å². The van der Waals surface area contributed by atoms with Gasteiger partial charge in [-0.1, -0.05) is 11.6 Å². The molecule has 0 N–H and O–H groups in total. The molecule has 5 rings (SSSR count). The highest BCUT2D eigenvalue weighted by Gasteiger charge is 2.26. The van der Waals surface area contributed by atoms with Crippen LogP contribution in [-0.2, 0) is 4.74 Å². The van der Waals surface area contributed by atoms with Gasteiger partial charge in [0.25, 0.3) is 0 Å². The zero-order valence-corrected chi connectivity index (χ0v) is 21.0. The smallest absolute Gasteiger partial charge is 0.348 e. The molecular weight excluding hydrogens is 496 g/mol. The molecule has 0 aliphatic rings. The maximum atomic E-state index is 12.8. The molecule has 0 saturated carbocycles. The largest absolute Gasteiger partial charge is 0.462 e. The van der Waals surface area contributed by atoms with E-state index in [1.165, 1.54) is 29.6 Å². The number of ether oxygens (including phenoxy) is 1. The molecule has 34 heavy (non-hydrogen) atoms. The van der Waals surface area contributed by atoms with Crippen molar-refractivity contribution >= 4 is 77.6 Å². The number of thiophene rings is 2. The number of hydrogen-bond donors (Lipinski definition) is 0. The molecule has 0 amide bonds. The Morgan fingerprint density at radius 1 is 1.15 bits per heavy atom. The van der Waals surface area contributed by atoms with Crippen molar-refractivity contribution in [2.24, 2.45) is 0 Å². The van der Waals surface area contributed by atoms with Crippen molar-refractivity contribution < 1.29 is 18.7 Å². The Bertz CT molecular complexity index is 1730. The lowest BCUT2D eigenvalue weighted by Crippen LogP contribution is -2.15. The first-order chi connectivity index (χ1) is 16.2. The molecule has 5 aromatic rings. The number of nitrogens with zero attached hydrogens (tertiary/aromatic N) is 2. The lowest BCUT2D eigenvalue weighted by molar-refractivity contribution is 0.0528. The third kappa shape index (κ3) is 3.43. The summed E-state index contributed by atoms with van der Waals surface area (Å²) >= 11 is 9.00. The SMILES string of the molecule is CCOC(=O)c1cc(C)nc2sc3c(-c4ccc(Cl)s4)c4c(C)c(C(C)=O)c(=O)oc4nc3c12. The van der Waals surface area contributed by atoms with Gasteiger partial charge in [-0.25, -0.2) is 19.6 Å². The fourth-order valence-electron chi connectivity index (χ4n) is 4.16. The molecule has 5 heterocycles. The van der Waals surface area contributed by atoms with E-state index < -0.39 is 11.6 Å². The maximum absolute atomic E-state index is 12.8. The summed E-state index contributed by atoms with van der Waals surface area (Å²) in [6.07, 6.45) is 0. The van der Waals surface area contributed by atoms with Crippen molar-refractivity contribution in [3.05, 3.63) is 55.3 Å². The highest BCUT2D eigenvalue weighted by Crippen LogP contribution is 2.46. The van der Waals surface area contributed by atoms with Crippen LogP contribution in [0, 0.1) is 13.8 Å². The molecular formula is C24H17ClN2O5S2. The van der Waals surface area contributed by atoms with Crippen LogP contribution in [0.15, 0.2) is 27.4 Å². The molecule has 0 aromatic carbocycles. The molecule has 10 heteroatoms. The lowest BCUT2D eigenvalue weighted by Gasteiger charge is -2.11. The third-order valence-corrected chi connectivity index (χ3v) is 7.82. The molecule has 0 aliphatic heterocycles. The second-order valence-corrected chi connectivity index (χ2v) is 10.4. The Labute approximate surface area is 206 Å². The first kappa shape index (κ1) is 22.6. The fraction of sp³-hybridized carbons (Fsp3) is 0.208. The van der Waals surface area contributed by atoms with Crippen LogP contribution < -0.4 is 5.63 Å². The van der Waals surface area contributed by atoms with Crippen LogP contribution in [0.4, 0.5) is 0 Å². The monoisotopic (exact) mass is 512 g/mol. The Morgan fingerprint density at radius 2 is 1.91 bits per heavy atom. The minimum absolute atomic E-state index is 0.0140. The summed E-state index contributed by atoms with van der Waals surface area (Å²) in [7, 11) is 0. The summed E-state index contributed by atoms with van der Waals surface area (Å²) < 4.78 is 12.2. The van der Waals surface area contributed by atoms with Crippen molar-refractivity contribution in [2.45, 2.75) is 27.7 Å². The van der Waals surface area contributed by atoms with Gasteiger partial charge in [0.1, 0.15) is 10.4 Å². The van der Waals surface area contributed by atoms with E-state index in [1.54, 1.807) is 32.9 Å². The number of pyridine rings is 2. The summed E-state index contributed by atoms with van der Waals surface area (Å²) in [5.41, 5.74) is 2.01. The number of aromatic nitrogens is 2. The quantitative estimate of drug-likeness (QED) is 0.205. The van der Waals surface area contributed by atoms with Crippen molar-refractivity contribution in [2.75, 3.05) is 6.61 Å². The Hall–Kier alpha value is -3.14. The lowest BCUT2D eigenvalue weighted by atomic mass is 9.99. The normalized spacial score (nSPS) is 11.6. The highest BCUT2D eigenvalue weighted by molar-refractivity contribution is 7.26. The summed E-state index contributed by atoms with van der Waals surface area (Å²) in [4.78, 5) is 48.4. The van der Waals surface area contributed by atoms with Crippen LogP contribution in [0.5, 0.6) is 0 Å². The zero-order chi connectivity index (χ0) is 24.3. The molecule has 0 saturated heterocycles. The van der Waals surface area contributed by atoms with Gasteiger partial charge in [-0.2, -0.15) is 0 Å². The van der Waals surface area contributed by atoms with Gasteiger partial charge in [-0.3, -0.25) is 4.79 Å². The zero-order valence-electron chi connectivity index (χ0n) is 18.6. The number of carbonyl (C=O) groups is 2. The van der Waals surface area contributed by atoms with Gasteiger partial charge in [0.2, 0.25) is 5.71 Å². The van der Waals surface area contributed by atoms with Crippen LogP contribution in [0.2, 0.25) is 4.34 Å². The highest BCUT2D eigenvalue weighted by atomic mass is 35.5. The predicted octanol–water partition coefficient (Wildman–Crippen LogP) is 6.33. The van der Waals surface area contributed by atoms with E-state index in [0.717, 1.165) is 15.1 Å².